The summed E-state index contributed by atoms with van der Waals surface area (Å²) in [6.07, 6.45) is 3.33. The maximum Gasteiger partial charge on any atom is 0.225 e. The molecule has 1 N–H and O–H groups in total. The smallest absolute Gasteiger partial charge is 0.225 e. The molecule has 4 nitrogen and oxygen atoms in total. The summed E-state index contributed by atoms with van der Waals surface area (Å²) < 4.78 is 0. The molecule has 0 fully saturated rings. The summed E-state index contributed by atoms with van der Waals surface area (Å²) in [7, 11) is 0. The molecule has 7 heteroatoms. The largest absolute Gasteiger partial charge is 0.326 e. The molecule has 2 aromatic rings. The predicted octanol–water partition coefficient (Wildman–Crippen LogP) is 6.53. The maximum absolute atomic E-state index is 12.2. The van der Waals surface area contributed by atoms with Crippen LogP contribution in [-0.4, -0.2) is 16.6 Å². The van der Waals surface area contributed by atoms with Gasteiger partial charge in [-0.25, -0.2) is 4.98 Å². The average Bonchev–Trinajstić information content (AvgIpc) is 2.69. The number of thioether (sulfide) groups is 1. The third-order valence-electron chi connectivity index (χ3n) is 5.47. The number of aryl methyl sites for hydroxylation is 1. The number of nitrogens with zero attached hydrogens (tertiary/aromatic N) is 2. The minimum Gasteiger partial charge on any atom is -0.326 e. The highest BCUT2D eigenvalue weighted by molar-refractivity contribution is 7.99. The molecule has 0 aliphatic heterocycles. The van der Waals surface area contributed by atoms with Crippen molar-refractivity contribution in [2.75, 3.05) is 11.1 Å². The molecule has 0 saturated carbocycles. The van der Waals surface area contributed by atoms with Crippen LogP contribution < -0.4 is 5.32 Å². The second-order valence-corrected chi connectivity index (χ2v) is 10.5. The zero-order valence-electron chi connectivity index (χ0n) is 17.4. The van der Waals surface area contributed by atoms with Gasteiger partial charge < -0.3 is 5.32 Å². The fourth-order valence-electron chi connectivity index (χ4n) is 3.61. The highest BCUT2D eigenvalue weighted by atomic mass is 35.5. The normalized spacial score (nSPS) is 15.9. The summed E-state index contributed by atoms with van der Waals surface area (Å²) in [5.74, 6) is 1.02. The van der Waals surface area contributed by atoms with E-state index in [0.29, 0.717) is 44.4 Å². The Balaban J connectivity index is 1.61. The van der Waals surface area contributed by atoms with E-state index in [2.05, 4.69) is 32.2 Å². The molecule has 30 heavy (non-hydrogen) atoms. The summed E-state index contributed by atoms with van der Waals surface area (Å²) in [6, 6.07) is 9.26. The summed E-state index contributed by atoms with van der Waals surface area (Å²) >= 11 is 13.3. The lowest BCUT2D eigenvalue weighted by molar-refractivity contribution is -0.115. The van der Waals surface area contributed by atoms with Gasteiger partial charge in [0.15, 0.2) is 0 Å². The van der Waals surface area contributed by atoms with Gasteiger partial charge in [-0.3, -0.25) is 4.79 Å². The van der Waals surface area contributed by atoms with Crippen molar-refractivity contribution >= 4 is 46.6 Å². The number of nitriles is 1. The van der Waals surface area contributed by atoms with Crippen molar-refractivity contribution < 1.29 is 4.79 Å². The first-order valence-corrected chi connectivity index (χ1v) is 11.7. The first-order chi connectivity index (χ1) is 14.2. The van der Waals surface area contributed by atoms with Crippen molar-refractivity contribution in [2.45, 2.75) is 51.5 Å². The van der Waals surface area contributed by atoms with Gasteiger partial charge in [-0.15, -0.1) is 11.8 Å². The lowest BCUT2D eigenvalue weighted by Gasteiger charge is -2.34. The van der Waals surface area contributed by atoms with E-state index < -0.39 is 0 Å². The zero-order valence-corrected chi connectivity index (χ0v) is 19.7. The van der Waals surface area contributed by atoms with E-state index in [9.17, 15) is 10.1 Å². The lowest BCUT2D eigenvalue weighted by Crippen LogP contribution is -2.27. The maximum atomic E-state index is 12.2. The van der Waals surface area contributed by atoms with Crippen LogP contribution in [0.5, 0.6) is 0 Å². The number of halogens is 2. The Kier molecular flexibility index (Phi) is 7.34. The van der Waals surface area contributed by atoms with Crippen molar-refractivity contribution in [2.24, 2.45) is 11.3 Å². The number of anilines is 1. The molecule has 0 bridgehead atoms. The van der Waals surface area contributed by atoms with Crippen LogP contribution in [0, 0.1) is 22.7 Å². The van der Waals surface area contributed by atoms with E-state index in [0.717, 1.165) is 25.0 Å². The lowest BCUT2D eigenvalue weighted by atomic mass is 9.71. The average molecular weight is 462 g/mol. The van der Waals surface area contributed by atoms with E-state index >= 15 is 0 Å². The molecule has 1 aromatic heterocycles. The topological polar surface area (TPSA) is 65.8 Å². The molecule has 1 unspecified atom stereocenters. The fraction of sp³-hybridized carbons (Fsp3) is 0.435. The first-order valence-electron chi connectivity index (χ1n) is 9.98. The standard InChI is InChI=1S/C23H25Cl2N3OS/c1-23(2,3)16-4-7-20-14(11-16)10-15(13-26)22(28-20)30-9-8-21(29)27-17-5-6-18(24)19(25)12-17/h5-6,10,12,16H,4,7-9,11H2,1-3H3,(H,27,29). The molecule has 0 spiro atoms. The number of hydrogen-bond donors (Lipinski definition) is 1. The third kappa shape index (κ3) is 5.69. The van der Waals surface area contributed by atoms with Gasteiger partial charge in [0, 0.05) is 23.6 Å². The first kappa shape index (κ1) is 22.9. The number of benzene rings is 1. The van der Waals surface area contributed by atoms with Crippen LogP contribution in [0.3, 0.4) is 0 Å². The minimum absolute atomic E-state index is 0.120. The predicted molar refractivity (Wildman–Crippen MR) is 124 cm³/mol. The Morgan fingerprint density at radius 1 is 1.30 bits per heavy atom. The van der Waals surface area contributed by atoms with Crippen LogP contribution in [0.1, 0.15) is 50.4 Å². The van der Waals surface area contributed by atoms with E-state index in [1.54, 1.807) is 18.2 Å². The molecule has 158 valence electrons. The molecule has 1 aliphatic carbocycles. The highest BCUT2D eigenvalue weighted by Gasteiger charge is 2.30. The van der Waals surface area contributed by atoms with Gasteiger partial charge in [0.05, 0.1) is 15.6 Å². The van der Waals surface area contributed by atoms with Crippen LogP contribution in [-0.2, 0) is 17.6 Å². The molecular formula is C23H25Cl2N3OS. The summed E-state index contributed by atoms with van der Waals surface area (Å²) in [4.78, 5) is 17.0. The number of hydrogen-bond acceptors (Lipinski definition) is 4. The Morgan fingerprint density at radius 2 is 2.07 bits per heavy atom. The van der Waals surface area contributed by atoms with E-state index in [1.165, 1.54) is 17.3 Å². The monoisotopic (exact) mass is 461 g/mol. The van der Waals surface area contributed by atoms with Gasteiger partial charge >= 0.3 is 0 Å². The molecular weight excluding hydrogens is 437 g/mol. The quantitative estimate of drug-likeness (QED) is 0.513. The van der Waals surface area contributed by atoms with Gasteiger partial charge in [0.1, 0.15) is 11.1 Å². The molecule has 3 rings (SSSR count). The Morgan fingerprint density at radius 3 is 2.73 bits per heavy atom. The zero-order chi connectivity index (χ0) is 21.9. The third-order valence-corrected chi connectivity index (χ3v) is 7.20. The summed E-state index contributed by atoms with van der Waals surface area (Å²) in [5, 5.41) is 14.0. The van der Waals surface area contributed by atoms with Crippen LogP contribution >= 0.6 is 35.0 Å². The van der Waals surface area contributed by atoms with Crippen molar-refractivity contribution in [3.8, 4) is 6.07 Å². The molecule has 1 aromatic carbocycles. The van der Waals surface area contributed by atoms with Crippen molar-refractivity contribution in [1.29, 1.82) is 5.26 Å². The van der Waals surface area contributed by atoms with Crippen LogP contribution in [0.15, 0.2) is 29.3 Å². The number of rotatable bonds is 5. The van der Waals surface area contributed by atoms with Gasteiger partial charge in [-0.1, -0.05) is 44.0 Å². The van der Waals surface area contributed by atoms with Gasteiger partial charge in [-0.05, 0) is 60.4 Å². The number of fused-ring (bicyclic) bond motifs is 1. The Bertz CT molecular complexity index is 995. The van der Waals surface area contributed by atoms with E-state index in [1.807, 2.05) is 6.07 Å². The molecule has 1 aliphatic rings. The summed E-state index contributed by atoms with van der Waals surface area (Å²) in [6.45, 7) is 6.82. The second-order valence-electron chi connectivity index (χ2n) is 8.64. The summed E-state index contributed by atoms with van der Waals surface area (Å²) in [5.41, 5.74) is 3.74. The number of nitrogens with one attached hydrogen (secondary N) is 1. The SMILES string of the molecule is CC(C)(C)C1CCc2nc(SCCC(=O)Nc3ccc(Cl)c(Cl)c3)c(C#N)cc2C1. The van der Waals surface area contributed by atoms with Crippen LogP contribution in [0.2, 0.25) is 10.0 Å². The number of aromatic nitrogens is 1. The van der Waals surface area contributed by atoms with Crippen molar-refractivity contribution in [3.63, 3.8) is 0 Å². The molecule has 0 radical (unpaired) electrons. The highest BCUT2D eigenvalue weighted by Crippen LogP contribution is 2.38. The molecule has 1 amide bonds. The molecule has 1 heterocycles. The van der Waals surface area contributed by atoms with Crippen molar-refractivity contribution in [3.05, 3.63) is 51.1 Å². The van der Waals surface area contributed by atoms with Gasteiger partial charge in [0.25, 0.3) is 0 Å². The van der Waals surface area contributed by atoms with Gasteiger partial charge in [0.2, 0.25) is 5.91 Å². The van der Waals surface area contributed by atoms with Crippen LogP contribution in [0.4, 0.5) is 5.69 Å². The Hall–Kier alpha value is -1.74. The van der Waals surface area contributed by atoms with Crippen LogP contribution in [0.25, 0.3) is 0 Å². The molecule has 0 saturated heterocycles. The number of carbonyl (C=O) groups is 1. The second kappa shape index (κ2) is 9.60. The Labute approximate surface area is 192 Å². The van der Waals surface area contributed by atoms with E-state index in [-0.39, 0.29) is 11.3 Å². The number of amides is 1. The molecule has 1 atom stereocenters. The van der Waals surface area contributed by atoms with Crippen molar-refractivity contribution in [1.82, 2.24) is 4.98 Å². The van der Waals surface area contributed by atoms with E-state index in [4.69, 9.17) is 28.2 Å². The number of carbonyl (C=O) groups excluding carboxylic acids is 1. The number of pyridine rings is 1. The minimum atomic E-state index is -0.120. The van der Waals surface area contributed by atoms with Gasteiger partial charge in [-0.2, -0.15) is 5.26 Å². The fourth-order valence-corrected chi connectivity index (χ4v) is 4.83.